The molecule has 2 saturated heterocycles. The zero-order valence-electron chi connectivity index (χ0n) is 15.7. The summed E-state index contributed by atoms with van der Waals surface area (Å²) < 4.78 is 11.6. The number of carbonyl (C=O) groups excluding carboxylic acids is 3. The molecule has 3 atom stereocenters. The number of benzene rings is 2. The van der Waals surface area contributed by atoms with E-state index in [0.717, 1.165) is 22.2 Å². The van der Waals surface area contributed by atoms with Gasteiger partial charge in [-0.25, -0.2) is 4.79 Å². The maximum atomic E-state index is 13.0. The molecule has 4 rings (SSSR count). The highest BCUT2D eigenvalue weighted by Gasteiger charge is 2.57. The molecule has 0 saturated carbocycles. The van der Waals surface area contributed by atoms with Crippen LogP contribution in [0, 0.1) is 0 Å². The average molecular weight is 412 g/mol. The lowest BCUT2D eigenvalue weighted by Gasteiger charge is -2.29. The molecule has 2 amide bonds. The molecule has 1 N–H and O–H groups in total. The van der Waals surface area contributed by atoms with E-state index in [1.54, 1.807) is 30.3 Å². The zero-order valence-corrected chi connectivity index (χ0v) is 16.6. The van der Waals surface area contributed by atoms with E-state index in [2.05, 4.69) is 5.32 Å². The number of rotatable bonds is 7. The number of nitrogens with zero attached hydrogens (tertiary/aromatic N) is 1. The first-order valence-electron chi connectivity index (χ1n) is 9.20. The van der Waals surface area contributed by atoms with Crippen molar-refractivity contribution >= 4 is 28.9 Å². The number of ether oxygens (including phenoxy) is 2. The van der Waals surface area contributed by atoms with Gasteiger partial charge in [0.25, 0.3) is 11.1 Å². The van der Waals surface area contributed by atoms with Crippen LogP contribution >= 0.6 is 11.8 Å². The highest BCUT2D eigenvalue weighted by molar-refractivity contribution is 8.15. The van der Waals surface area contributed by atoms with Crippen molar-refractivity contribution in [2.24, 2.45) is 0 Å². The summed E-state index contributed by atoms with van der Waals surface area (Å²) in [4.78, 5) is 37.5. The minimum atomic E-state index is -1.62. The molecule has 0 bridgehead atoms. The molecule has 7 nitrogen and oxygen atoms in total. The van der Waals surface area contributed by atoms with Gasteiger partial charge in [-0.2, -0.15) is 0 Å². The Labute approximate surface area is 172 Å². The topological polar surface area (TPSA) is 94.8 Å². The molecular formula is C21H20N2O5S. The lowest BCUT2D eigenvalue weighted by molar-refractivity contribution is -0.169. The summed E-state index contributed by atoms with van der Waals surface area (Å²) in [7, 11) is 1.41. The molecule has 2 heterocycles. The predicted octanol–water partition coefficient (Wildman–Crippen LogP) is 2.27. The van der Waals surface area contributed by atoms with E-state index in [-0.39, 0.29) is 12.6 Å². The van der Waals surface area contributed by atoms with Crippen LogP contribution in [0.5, 0.6) is 0 Å². The number of thioether (sulfide) groups is 1. The fourth-order valence-corrected chi connectivity index (χ4v) is 4.18. The van der Waals surface area contributed by atoms with E-state index in [9.17, 15) is 14.4 Å². The summed E-state index contributed by atoms with van der Waals surface area (Å²) in [6.45, 7) is 0.670. The summed E-state index contributed by atoms with van der Waals surface area (Å²) in [5.41, 5.74) is 1.36. The smallest absolute Gasteiger partial charge is 0.337 e. The van der Waals surface area contributed by atoms with Crippen molar-refractivity contribution in [2.45, 2.75) is 23.7 Å². The van der Waals surface area contributed by atoms with Crippen LogP contribution in [0.2, 0.25) is 0 Å². The Bertz CT molecular complexity index is 919. The third-order valence-electron chi connectivity index (χ3n) is 4.80. The van der Waals surface area contributed by atoms with Crippen LogP contribution in [0.25, 0.3) is 0 Å². The summed E-state index contributed by atoms with van der Waals surface area (Å²) in [5.74, 6) is -1.09. The second-order valence-electron chi connectivity index (χ2n) is 6.86. The third kappa shape index (κ3) is 3.91. The van der Waals surface area contributed by atoms with Crippen LogP contribution in [-0.4, -0.2) is 47.8 Å². The molecule has 29 heavy (non-hydrogen) atoms. The first-order chi connectivity index (χ1) is 14.0. The Balaban J connectivity index is 1.59. The van der Waals surface area contributed by atoms with Gasteiger partial charge in [0.05, 0.1) is 6.04 Å². The van der Waals surface area contributed by atoms with Crippen molar-refractivity contribution in [2.75, 3.05) is 13.6 Å². The molecule has 0 aromatic heterocycles. The normalized spacial score (nSPS) is 24.4. The molecule has 8 heteroatoms. The number of imide groups is 1. The zero-order chi connectivity index (χ0) is 20.4. The summed E-state index contributed by atoms with van der Waals surface area (Å²) in [5, 5.41) is 2.62. The van der Waals surface area contributed by atoms with Crippen LogP contribution in [0.1, 0.15) is 11.1 Å². The van der Waals surface area contributed by atoms with Gasteiger partial charge in [0.15, 0.2) is 6.10 Å². The number of esters is 1. The number of hydrogen-bond donors (Lipinski definition) is 1. The number of carbonyl (C=O) groups is 3. The fraction of sp³-hybridized carbons (Fsp3) is 0.286. The minimum Gasteiger partial charge on any atom is -0.459 e. The number of likely N-dealkylation sites (N-methyl/N-ethyl adjacent to an activating group) is 1. The number of amides is 2. The van der Waals surface area contributed by atoms with Gasteiger partial charge in [-0.15, -0.1) is 0 Å². The number of hydrogen-bond acceptors (Lipinski definition) is 7. The van der Waals surface area contributed by atoms with E-state index >= 15 is 0 Å². The molecule has 150 valence electrons. The van der Waals surface area contributed by atoms with Crippen molar-refractivity contribution < 1.29 is 23.9 Å². The molecular weight excluding hydrogens is 392 g/mol. The Morgan fingerprint density at radius 2 is 1.79 bits per heavy atom. The molecule has 0 spiro atoms. The molecule has 0 aliphatic carbocycles. The first kappa shape index (κ1) is 19.6. The standard InChI is InChI=1S/C21H20N2O5S/c1-23-19(25)21(29-20(23)26,15-10-6-3-7-11-15)28-17(16-12-22-16)18(24)27-13-14-8-4-2-5-9-14/h2-11,16-17,22H,12-13H2,1H3. The highest BCUT2D eigenvalue weighted by Crippen LogP contribution is 2.47. The van der Waals surface area contributed by atoms with Gasteiger partial charge in [-0.3, -0.25) is 14.5 Å². The molecule has 0 radical (unpaired) electrons. The molecule has 2 aliphatic rings. The maximum Gasteiger partial charge on any atom is 0.337 e. The van der Waals surface area contributed by atoms with Gasteiger partial charge in [-0.05, 0) is 17.3 Å². The average Bonchev–Trinajstić information content (AvgIpc) is 3.57. The van der Waals surface area contributed by atoms with Crippen molar-refractivity contribution in [3.63, 3.8) is 0 Å². The molecule has 2 aromatic rings. The molecule has 3 unspecified atom stereocenters. The summed E-state index contributed by atoms with van der Waals surface area (Å²) in [6.07, 6.45) is -1.02. The van der Waals surface area contributed by atoms with Crippen molar-refractivity contribution in [1.29, 1.82) is 0 Å². The first-order valence-corrected chi connectivity index (χ1v) is 10.0. The van der Waals surface area contributed by atoms with Crippen LogP contribution < -0.4 is 5.32 Å². The maximum absolute atomic E-state index is 13.0. The van der Waals surface area contributed by atoms with Crippen LogP contribution in [-0.2, 0) is 30.6 Å². The monoisotopic (exact) mass is 412 g/mol. The van der Waals surface area contributed by atoms with Crippen molar-refractivity contribution in [3.05, 3.63) is 71.8 Å². The second kappa shape index (κ2) is 7.98. The Kier molecular flexibility index (Phi) is 5.40. The highest BCUT2D eigenvalue weighted by atomic mass is 32.2. The van der Waals surface area contributed by atoms with Gasteiger partial charge in [0.2, 0.25) is 4.93 Å². The van der Waals surface area contributed by atoms with E-state index in [4.69, 9.17) is 9.47 Å². The van der Waals surface area contributed by atoms with Gasteiger partial charge in [0.1, 0.15) is 6.61 Å². The van der Waals surface area contributed by atoms with Crippen LogP contribution in [0.4, 0.5) is 4.79 Å². The lowest BCUT2D eigenvalue weighted by Crippen LogP contribution is -2.45. The van der Waals surface area contributed by atoms with E-state index < -0.39 is 28.2 Å². The summed E-state index contributed by atoms with van der Waals surface area (Å²) >= 11 is 0.767. The number of nitrogens with one attached hydrogen (secondary N) is 1. The van der Waals surface area contributed by atoms with Gasteiger partial charge in [-0.1, -0.05) is 60.7 Å². The van der Waals surface area contributed by atoms with Crippen molar-refractivity contribution in [1.82, 2.24) is 10.2 Å². The Hall–Kier alpha value is -2.68. The van der Waals surface area contributed by atoms with Crippen molar-refractivity contribution in [3.8, 4) is 0 Å². The van der Waals surface area contributed by atoms with Crippen LogP contribution in [0.3, 0.4) is 0 Å². The minimum absolute atomic E-state index is 0.102. The van der Waals surface area contributed by atoms with E-state index in [0.29, 0.717) is 12.1 Å². The quantitative estimate of drug-likeness (QED) is 0.551. The van der Waals surface area contributed by atoms with Gasteiger partial charge in [0, 0.05) is 19.2 Å². The van der Waals surface area contributed by atoms with E-state index in [1.165, 1.54) is 7.05 Å². The molecule has 2 aliphatic heterocycles. The van der Waals surface area contributed by atoms with E-state index in [1.807, 2.05) is 30.3 Å². The molecule has 2 aromatic carbocycles. The van der Waals surface area contributed by atoms with Crippen LogP contribution in [0.15, 0.2) is 60.7 Å². The lowest BCUT2D eigenvalue weighted by atomic mass is 10.1. The Morgan fingerprint density at radius 1 is 1.17 bits per heavy atom. The third-order valence-corrected chi connectivity index (χ3v) is 6.04. The Morgan fingerprint density at radius 3 is 2.34 bits per heavy atom. The van der Waals surface area contributed by atoms with Gasteiger partial charge >= 0.3 is 5.97 Å². The second-order valence-corrected chi connectivity index (χ2v) is 7.99. The largest absolute Gasteiger partial charge is 0.459 e. The summed E-state index contributed by atoms with van der Waals surface area (Å²) in [6, 6.07) is 17.8. The fourth-order valence-electron chi connectivity index (χ4n) is 3.09. The van der Waals surface area contributed by atoms with Gasteiger partial charge < -0.3 is 14.8 Å². The molecule has 2 fully saturated rings. The predicted molar refractivity (Wildman–Crippen MR) is 107 cm³/mol. The SMILES string of the molecule is CN1C(=O)SC(OC(C(=O)OCc2ccccc2)C2CN2)(c2ccccc2)C1=O.